The average Bonchev–Trinajstić information content (AvgIpc) is 2.55. The van der Waals surface area contributed by atoms with Crippen LogP contribution in [-0.4, -0.2) is 23.7 Å². The molecule has 5 heteroatoms. The topological polar surface area (TPSA) is 63.6 Å². The summed E-state index contributed by atoms with van der Waals surface area (Å²) in [5.74, 6) is -1.26. The molecule has 0 amide bonds. The highest BCUT2D eigenvalue weighted by Gasteiger charge is 2.13. The van der Waals surface area contributed by atoms with Gasteiger partial charge in [0.15, 0.2) is 0 Å². The number of esters is 1. The fourth-order valence-corrected chi connectivity index (χ4v) is 2.99. The minimum Gasteiger partial charge on any atom is -0.478 e. The number of hydrogen-bond donors (Lipinski definition) is 1. The van der Waals surface area contributed by atoms with Gasteiger partial charge in [-0.25, -0.2) is 9.59 Å². The first-order chi connectivity index (χ1) is 11.0. The fourth-order valence-electron chi connectivity index (χ4n) is 2.13. The molecular weight excluding hydrogens is 312 g/mol. The first-order valence-corrected chi connectivity index (χ1v) is 8.18. The van der Waals surface area contributed by atoms with Crippen LogP contribution in [0.2, 0.25) is 0 Å². The Morgan fingerprint density at radius 3 is 2.26 bits per heavy atom. The van der Waals surface area contributed by atoms with Crippen molar-refractivity contribution in [3.8, 4) is 0 Å². The maximum atomic E-state index is 12.1. The van der Waals surface area contributed by atoms with Crippen LogP contribution in [0.4, 0.5) is 0 Å². The van der Waals surface area contributed by atoms with Crippen LogP contribution in [0.15, 0.2) is 52.3 Å². The van der Waals surface area contributed by atoms with E-state index in [-0.39, 0.29) is 11.5 Å². The molecule has 120 valence electrons. The quantitative estimate of drug-likeness (QED) is 0.801. The Bertz CT molecular complexity index is 707. The molecule has 1 N–H and O–H groups in total. The molecule has 0 fully saturated rings. The van der Waals surface area contributed by atoms with Gasteiger partial charge < -0.3 is 9.84 Å². The van der Waals surface area contributed by atoms with E-state index in [1.54, 1.807) is 31.2 Å². The Hall–Kier alpha value is -2.27. The molecule has 2 aromatic carbocycles. The standard InChI is InChI=1S/C18H18O4S/c1-3-12-5-10-15(11-16(12)18(21)22-4-2)23-14-8-6-13(7-9-14)17(19)20/h5-11H,3-4H2,1-2H3,(H,19,20). The smallest absolute Gasteiger partial charge is 0.338 e. The molecular formula is C18H18O4S. The average molecular weight is 330 g/mol. The molecule has 0 aliphatic rings. The van der Waals surface area contributed by atoms with Crippen molar-refractivity contribution in [2.45, 2.75) is 30.1 Å². The van der Waals surface area contributed by atoms with Crippen molar-refractivity contribution in [2.24, 2.45) is 0 Å². The third-order valence-corrected chi connectivity index (χ3v) is 4.29. The summed E-state index contributed by atoms with van der Waals surface area (Å²) in [5, 5.41) is 8.91. The number of rotatable bonds is 6. The number of carboxylic acid groups (broad SMARTS) is 1. The molecule has 2 aromatic rings. The lowest BCUT2D eigenvalue weighted by Crippen LogP contribution is -2.08. The number of ether oxygens (including phenoxy) is 1. The lowest BCUT2D eigenvalue weighted by molar-refractivity contribution is 0.0524. The lowest BCUT2D eigenvalue weighted by Gasteiger charge is -2.10. The predicted molar refractivity (Wildman–Crippen MR) is 89.3 cm³/mol. The van der Waals surface area contributed by atoms with Crippen molar-refractivity contribution in [1.82, 2.24) is 0 Å². The zero-order chi connectivity index (χ0) is 16.8. The van der Waals surface area contributed by atoms with E-state index in [4.69, 9.17) is 9.84 Å². The summed E-state index contributed by atoms with van der Waals surface area (Å²) in [6, 6.07) is 12.4. The maximum Gasteiger partial charge on any atom is 0.338 e. The minimum absolute atomic E-state index is 0.253. The predicted octanol–water partition coefficient (Wildman–Crippen LogP) is 4.28. The Labute approximate surface area is 139 Å². The van der Waals surface area contributed by atoms with Crippen molar-refractivity contribution in [3.05, 3.63) is 59.2 Å². The van der Waals surface area contributed by atoms with Crippen molar-refractivity contribution >= 4 is 23.7 Å². The molecule has 0 aliphatic heterocycles. The van der Waals surface area contributed by atoms with Gasteiger partial charge in [0.05, 0.1) is 17.7 Å². The summed E-state index contributed by atoms with van der Waals surface area (Å²) < 4.78 is 5.10. The summed E-state index contributed by atoms with van der Waals surface area (Å²) in [6.07, 6.45) is 0.756. The second-order valence-corrected chi connectivity index (χ2v) is 5.97. The van der Waals surface area contributed by atoms with Gasteiger partial charge in [0, 0.05) is 9.79 Å². The first-order valence-electron chi connectivity index (χ1n) is 7.36. The molecule has 23 heavy (non-hydrogen) atoms. The largest absolute Gasteiger partial charge is 0.478 e. The van der Waals surface area contributed by atoms with Crippen LogP contribution in [0.5, 0.6) is 0 Å². The Balaban J connectivity index is 2.24. The molecule has 0 heterocycles. The summed E-state index contributed by atoms with van der Waals surface area (Å²) >= 11 is 1.48. The molecule has 0 saturated heterocycles. The van der Waals surface area contributed by atoms with Gasteiger partial charge in [0.25, 0.3) is 0 Å². The van der Waals surface area contributed by atoms with Crippen molar-refractivity contribution in [1.29, 1.82) is 0 Å². The number of carbonyl (C=O) groups excluding carboxylic acids is 1. The van der Waals surface area contributed by atoms with Crippen LogP contribution < -0.4 is 0 Å². The highest BCUT2D eigenvalue weighted by Crippen LogP contribution is 2.30. The second kappa shape index (κ2) is 7.83. The van der Waals surface area contributed by atoms with Crippen LogP contribution in [0.3, 0.4) is 0 Å². The Morgan fingerprint density at radius 2 is 1.70 bits per heavy atom. The van der Waals surface area contributed by atoms with Crippen molar-refractivity contribution in [3.63, 3.8) is 0 Å². The second-order valence-electron chi connectivity index (χ2n) is 4.82. The van der Waals surface area contributed by atoms with Gasteiger partial charge in [0.2, 0.25) is 0 Å². The summed E-state index contributed by atoms with van der Waals surface area (Å²) in [4.78, 5) is 24.7. The van der Waals surface area contributed by atoms with Gasteiger partial charge in [-0.3, -0.25) is 0 Å². The van der Waals surface area contributed by atoms with E-state index in [1.165, 1.54) is 11.8 Å². The molecule has 2 rings (SSSR count). The van der Waals surface area contributed by atoms with E-state index < -0.39 is 5.97 Å². The van der Waals surface area contributed by atoms with Crippen LogP contribution in [0.25, 0.3) is 0 Å². The van der Waals surface area contributed by atoms with Crippen molar-refractivity contribution in [2.75, 3.05) is 6.61 Å². The lowest BCUT2D eigenvalue weighted by atomic mass is 10.1. The fraction of sp³-hybridized carbons (Fsp3) is 0.222. The van der Waals surface area contributed by atoms with E-state index in [9.17, 15) is 9.59 Å². The van der Waals surface area contributed by atoms with Crippen LogP contribution in [0, 0.1) is 0 Å². The van der Waals surface area contributed by atoms with Crippen molar-refractivity contribution < 1.29 is 19.4 Å². The maximum absolute atomic E-state index is 12.1. The normalized spacial score (nSPS) is 10.3. The van der Waals surface area contributed by atoms with Crippen LogP contribution >= 0.6 is 11.8 Å². The van der Waals surface area contributed by atoms with Gasteiger partial charge in [-0.1, -0.05) is 24.8 Å². The van der Waals surface area contributed by atoms with Gasteiger partial charge in [-0.15, -0.1) is 0 Å². The van der Waals surface area contributed by atoms with E-state index in [0.717, 1.165) is 21.8 Å². The molecule has 0 spiro atoms. The Kier molecular flexibility index (Phi) is 5.82. The monoisotopic (exact) mass is 330 g/mol. The summed E-state index contributed by atoms with van der Waals surface area (Å²) in [7, 11) is 0. The number of carbonyl (C=O) groups is 2. The number of aromatic carboxylic acids is 1. The zero-order valence-corrected chi connectivity index (χ0v) is 13.9. The molecule has 4 nitrogen and oxygen atoms in total. The third kappa shape index (κ3) is 4.36. The Morgan fingerprint density at radius 1 is 1.04 bits per heavy atom. The molecule has 0 radical (unpaired) electrons. The molecule has 0 bridgehead atoms. The van der Waals surface area contributed by atoms with E-state index in [0.29, 0.717) is 12.2 Å². The molecule has 0 aliphatic carbocycles. The minimum atomic E-state index is -0.946. The molecule has 0 saturated carbocycles. The van der Waals surface area contributed by atoms with E-state index in [1.807, 2.05) is 25.1 Å². The number of benzene rings is 2. The van der Waals surface area contributed by atoms with E-state index >= 15 is 0 Å². The number of carboxylic acids is 1. The summed E-state index contributed by atoms with van der Waals surface area (Å²) in [6.45, 7) is 4.12. The molecule has 0 atom stereocenters. The summed E-state index contributed by atoms with van der Waals surface area (Å²) in [5.41, 5.74) is 1.79. The van der Waals surface area contributed by atoms with Crippen LogP contribution in [-0.2, 0) is 11.2 Å². The van der Waals surface area contributed by atoms with Gasteiger partial charge in [0.1, 0.15) is 0 Å². The van der Waals surface area contributed by atoms with Gasteiger partial charge in [-0.05, 0) is 55.3 Å². The van der Waals surface area contributed by atoms with Crippen LogP contribution in [0.1, 0.15) is 40.1 Å². The number of hydrogen-bond acceptors (Lipinski definition) is 4. The first kappa shape index (κ1) is 17.1. The number of aryl methyl sites for hydroxylation is 1. The van der Waals surface area contributed by atoms with E-state index in [2.05, 4.69) is 0 Å². The highest BCUT2D eigenvalue weighted by atomic mass is 32.2. The highest BCUT2D eigenvalue weighted by molar-refractivity contribution is 7.99. The van der Waals surface area contributed by atoms with Gasteiger partial charge in [-0.2, -0.15) is 0 Å². The third-order valence-electron chi connectivity index (χ3n) is 3.29. The molecule has 0 aromatic heterocycles. The molecule has 0 unspecified atom stereocenters. The SMILES string of the molecule is CCOC(=O)c1cc(Sc2ccc(C(=O)O)cc2)ccc1CC. The zero-order valence-electron chi connectivity index (χ0n) is 13.0. The van der Waals surface area contributed by atoms with Gasteiger partial charge >= 0.3 is 11.9 Å².